The molecule has 0 aliphatic heterocycles. The molecule has 20 heavy (non-hydrogen) atoms. The SMILES string of the molecule is NOCCc1ccc(S(=O)(=O)NC2CCCCC2)cc1. The van der Waals surface area contributed by atoms with Crippen molar-refractivity contribution >= 4 is 10.0 Å². The van der Waals surface area contributed by atoms with Crippen molar-refractivity contribution in [3.8, 4) is 0 Å². The lowest BCUT2D eigenvalue weighted by Gasteiger charge is -2.22. The molecule has 0 amide bonds. The van der Waals surface area contributed by atoms with E-state index in [2.05, 4.69) is 9.56 Å². The fraction of sp³-hybridized carbons (Fsp3) is 0.571. The van der Waals surface area contributed by atoms with Gasteiger partial charge in [0.1, 0.15) is 0 Å². The molecular weight excluding hydrogens is 276 g/mol. The average molecular weight is 298 g/mol. The van der Waals surface area contributed by atoms with Gasteiger partial charge in [0.2, 0.25) is 10.0 Å². The molecule has 0 heterocycles. The molecular formula is C14H22N2O3S. The molecule has 2 rings (SSSR count). The summed E-state index contributed by atoms with van der Waals surface area (Å²) in [5.74, 6) is 4.97. The Morgan fingerprint density at radius 3 is 2.40 bits per heavy atom. The Bertz CT molecular complexity index is 508. The van der Waals surface area contributed by atoms with E-state index in [4.69, 9.17) is 5.90 Å². The minimum atomic E-state index is -3.40. The Morgan fingerprint density at radius 1 is 1.15 bits per heavy atom. The molecule has 0 bridgehead atoms. The third-order valence-corrected chi connectivity index (χ3v) is 5.21. The lowest BCUT2D eigenvalue weighted by molar-refractivity contribution is 0.141. The van der Waals surface area contributed by atoms with Crippen LogP contribution in [0.3, 0.4) is 0 Å². The van der Waals surface area contributed by atoms with E-state index in [0.29, 0.717) is 17.9 Å². The Morgan fingerprint density at radius 2 is 1.80 bits per heavy atom. The number of nitrogens with two attached hydrogens (primary N) is 1. The maximum absolute atomic E-state index is 12.3. The normalized spacial score (nSPS) is 17.2. The van der Waals surface area contributed by atoms with Crippen molar-refractivity contribution in [1.29, 1.82) is 0 Å². The third-order valence-electron chi connectivity index (χ3n) is 3.67. The van der Waals surface area contributed by atoms with Crippen LogP contribution in [0.1, 0.15) is 37.7 Å². The fourth-order valence-corrected chi connectivity index (χ4v) is 3.82. The van der Waals surface area contributed by atoms with Crippen LogP contribution in [-0.2, 0) is 21.3 Å². The monoisotopic (exact) mass is 298 g/mol. The van der Waals surface area contributed by atoms with E-state index in [0.717, 1.165) is 31.2 Å². The largest absolute Gasteiger partial charge is 0.304 e. The molecule has 0 unspecified atom stereocenters. The first-order valence-electron chi connectivity index (χ1n) is 7.05. The van der Waals surface area contributed by atoms with Crippen LogP contribution in [0, 0.1) is 0 Å². The zero-order valence-corrected chi connectivity index (χ0v) is 12.4. The van der Waals surface area contributed by atoms with E-state index in [-0.39, 0.29) is 6.04 Å². The van der Waals surface area contributed by atoms with Gasteiger partial charge in [-0.25, -0.2) is 19.0 Å². The molecule has 112 valence electrons. The second kappa shape index (κ2) is 7.17. The predicted octanol–water partition coefficient (Wildman–Crippen LogP) is 1.73. The highest BCUT2D eigenvalue weighted by Crippen LogP contribution is 2.20. The number of rotatable bonds is 6. The summed E-state index contributed by atoms with van der Waals surface area (Å²) in [5.41, 5.74) is 1.01. The molecule has 6 heteroatoms. The minimum absolute atomic E-state index is 0.0825. The second-order valence-electron chi connectivity index (χ2n) is 5.22. The zero-order valence-electron chi connectivity index (χ0n) is 11.5. The van der Waals surface area contributed by atoms with Crippen molar-refractivity contribution in [2.75, 3.05) is 6.61 Å². The van der Waals surface area contributed by atoms with Crippen LogP contribution in [-0.4, -0.2) is 21.1 Å². The van der Waals surface area contributed by atoms with Gasteiger partial charge >= 0.3 is 0 Å². The maximum atomic E-state index is 12.3. The van der Waals surface area contributed by atoms with Gasteiger partial charge in [-0.1, -0.05) is 31.4 Å². The Labute approximate surface area is 120 Å². The van der Waals surface area contributed by atoms with Gasteiger partial charge in [-0.15, -0.1) is 0 Å². The molecule has 3 N–H and O–H groups in total. The molecule has 1 aliphatic carbocycles. The molecule has 1 aliphatic rings. The topological polar surface area (TPSA) is 81.4 Å². The highest BCUT2D eigenvalue weighted by Gasteiger charge is 2.21. The van der Waals surface area contributed by atoms with Gasteiger partial charge in [-0.3, -0.25) is 0 Å². The quantitative estimate of drug-likeness (QED) is 0.784. The van der Waals surface area contributed by atoms with Gasteiger partial charge in [0.15, 0.2) is 0 Å². The van der Waals surface area contributed by atoms with E-state index in [1.165, 1.54) is 6.42 Å². The molecule has 0 saturated heterocycles. The van der Waals surface area contributed by atoms with Crippen LogP contribution >= 0.6 is 0 Å². The van der Waals surface area contributed by atoms with Crippen LogP contribution in [0.25, 0.3) is 0 Å². The highest BCUT2D eigenvalue weighted by atomic mass is 32.2. The van der Waals surface area contributed by atoms with Crippen LogP contribution in [0.5, 0.6) is 0 Å². The molecule has 0 spiro atoms. The zero-order chi connectivity index (χ0) is 14.4. The summed E-state index contributed by atoms with van der Waals surface area (Å²) in [7, 11) is -3.40. The van der Waals surface area contributed by atoms with Crippen molar-refractivity contribution in [1.82, 2.24) is 4.72 Å². The third kappa shape index (κ3) is 4.28. The standard InChI is InChI=1S/C14H22N2O3S/c15-19-11-10-12-6-8-14(9-7-12)20(17,18)16-13-4-2-1-3-5-13/h6-9,13,16H,1-5,10-11,15H2. The number of sulfonamides is 1. The van der Waals surface area contributed by atoms with Crippen LogP contribution in [0.2, 0.25) is 0 Å². The van der Waals surface area contributed by atoms with Gasteiger partial charge in [-0.2, -0.15) is 0 Å². The van der Waals surface area contributed by atoms with Crippen molar-refractivity contribution < 1.29 is 13.3 Å². The van der Waals surface area contributed by atoms with Gasteiger partial charge in [0.25, 0.3) is 0 Å². The van der Waals surface area contributed by atoms with E-state index < -0.39 is 10.0 Å². The van der Waals surface area contributed by atoms with E-state index >= 15 is 0 Å². The second-order valence-corrected chi connectivity index (χ2v) is 6.93. The number of hydrogen-bond donors (Lipinski definition) is 2. The number of benzene rings is 1. The first kappa shape index (κ1) is 15.4. The molecule has 0 aromatic heterocycles. The Kier molecular flexibility index (Phi) is 5.54. The Hall–Kier alpha value is -0.950. The average Bonchev–Trinajstić information content (AvgIpc) is 2.46. The number of hydrogen-bond acceptors (Lipinski definition) is 4. The van der Waals surface area contributed by atoms with Gasteiger partial charge in [-0.05, 0) is 37.0 Å². The minimum Gasteiger partial charge on any atom is -0.304 e. The van der Waals surface area contributed by atoms with Gasteiger partial charge in [0.05, 0.1) is 11.5 Å². The first-order chi connectivity index (χ1) is 9.62. The lowest BCUT2D eigenvalue weighted by atomic mass is 9.96. The molecule has 1 saturated carbocycles. The molecule has 1 fully saturated rings. The smallest absolute Gasteiger partial charge is 0.240 e. The summed E-state index contributed by atoms with van der Waals surface area (Å²) in [6.45, 7) is 0.423. The first-order valence-corrected chi connectivity index (χ1v) is 8.53. The van der Waals surface area contributed by atoms with Crippen molar-refractivity contribution in [2.45, 2.75) is 49.5 Å². The van der Waals surface area contributed by atoms with Crippen molar-refractivity contribution in [2.24, 2.45) is 5.90 Å². The van der Waals surface area contributed by atoms with Crippen LogP contribution in [0.15, 0.2) is 29.2 Å². The van der Waals surface area contributed by atoms with Gasteiger partial charge in [0, 0.05) is 6.04 Å². The van der Waals surface area contributed by atoms with E-state index in [1.807, 2.05) is 0 Å². The van der Waals surface area contributed by atoms with Crippen LogP contribution < -0.4 is 10.6 Å². The van der Waals surface area contributed by atoms with Crippen LogP contribution in [0.4, 0.5) is 0 Å². The molecule has 0 radical (unpaired) electrons. The molecule has 0 atom stereocenters. The highest BCUT2D eigenvalue weighted by molar-refractivity contribution is 7.89. The van der Waals surface area contributed by atoms with E-state index in [1.54, 1.807) is 24.3 Å². The summed E-state index contributed by atoms with van der Waals surface area (Å²) in [6, 6.07) is 6.95. The molecule has 1 aromatic carbocycles. The maximum Gasteiger partial charge on any atom is 0.240 e. The van der Waals surface area contributed by atoms with Gasteiger partial charge < -0.3 is 4.84 Å². The lowest BCUT2D eigenvalue weighted by Crippen LogP contribution is -2.36. The van der Waals surface area contributed by atoms with E-state index in [9.17, 15) is 8.42 Å². The summed E-state index contributed by atoms with van der Waals surface area (Å²) in [4.78, 5) is 4.83. The molecule has 1 aromatic rings. The van der Waals surface area contributed by atoms with Crippen molar-refractivity contribution in [3.05, 3.63) is 29.8 Å². The summed E-state index contributed by atoms with van der Waals surface area (Å²) in [6.07, 6.45) is 5.95. The molecule has 5 nitrogen and oxygen atoms in total. The summed E-state index contributed by atoms with van der Waals surface area (Å²) in [5, 5.41) is 0. The fourth-order valence-electron chi connectivity index (χ4n) is 2.52. The summed E-state index contributed by atoms with van der Waals surface area (Å²) >= 11 is 0. The number of nitrogens with one attached hydrogen (secondary N) is 1. The predicted molar refractivity (Wildman–Crippen MR) is 77.5 cm³/mol. The Balaban J connectivity index is 2.01. The van der Waals surface area contributed by atoms with Crippen molar-refractivity contribution in [3.63, 3.8) is 0 Å². The summed E-state index contributed by atoms with van der Waals surface area (Å²) < 4.78 is 27.3.